The fourth-order valence-corrected chi connectivity index (χ4v) is 4.53. The Morgan fingerprint density at radius 2 is 1.74 bits per heavy atom. The molecule has 2 aliphatic rings. The molecule has 1 N–H and O–H groups in total. The molecule has 7 heteroatoms. The van der Waals surface area contributed by atoms with Crippen molar-refractivity contribution in [3.63, 3.8) is 0 Å². The summed E-state index contributed by atoms with van der Waals surface area (Å²) < 4.78 is 0. The van der Waals surface area contributed by atoms with Crippen molar-refractivity contribution >= 4 is 11.9 Å². The molecule has 1 aromatic carbocycles. The summed E-state index contributed by atoms with van der Waals surface area (Å²) in [5, 5.41) is 3.53. The van der Waals surface area contributed by atoms with E-state index in [-0.39, 0.29) is 6.04 Å². The smallest absolute Gasteiger partial charge is 0.239 e. The summed E-state index contributed by atoms with van der Waals surface area (Å²) in [6.07, 6.45) is 3.37. The van der Waals surface area contributed by atoms with E-state index in [1.807, 2.05) is 11.9 Å². The van der Waals surface area contributed by atoms with Gasteiger partial charge in [-0.25, -0.2) is 0 Å². The predicted octanol–water partition coefficient (Wildman–Crippen LogP) is 1.71. The number of likely N-dealkylation sites (tertiary alicyclic amines) is 1. The molecule has 2 aliphatic heterocycles. The van der Waals surface area contributed by atoms with Gasteiger partial charge in [-0.3, -0.25) is 14.7 Å². The molecule has 0 aromatic heterocycles. The van der Waals surface area contributed by atoms with Crippen molar-refractivity contribution in [2.75, 3.05) is 66.5 Å². The maximum Gasteiger partial charge on any atom is 0.239 e. The molecule has 3 rings (SSSR count). The Kier molecular flexibility index (Phi) is 9.15. The number of carbonyl (C=O) groups excluding carboxylic acids is 1. The van der Waals surface area contributed by atoms with Gasteiger partial charge in [0.15, 0.2) is 5.96 Å². The number of amides is 1. The van der Waals surface area contributed by atoms with Crippen molar-refractivity contribution in [1.29, 1.82) is 0 Å². The molecule has 1 amide bonds. The Balaban J connectivity index is 1.34. The lowest BCUT2D eigenvalue weighted by molar-refractivity contribution is -0.135. The maximum atomic E-state index is 12.7. The molecule has 1 unspecified atom stereocenters. The van der Waals surface area contributed by atoms with Crippen LogP contribution < -0.4 is 5.32 Å². The van der Waals surface area contributed by atoms with Crippen molar-refractivity contribution in [3.05, 3.63) is 35.9 Å². The Morgan fingerprint density at radius 3 is 2.39 bits per heavy atom. The van der Waals surface area contributed by atoms with Gasteiger partial charge in [-0.1, -0.05) is 30.3 Å². The number of nitrogens with zero attached hydrogens (tertiary/aromatic N) is 5. The number of nitrogens with one attached hydrogen (secondary N) is 1. The van der Waals surface area contributed by atoms with Gasteiger partial charge in [0.05, 0.1) is 6.04 Å². The van der Waals surface area contributed by atoms with Gasteiger partial charge >= 0.3 is 0 Å². The molecule has 0 radical (unpaired) electrons. The van der Waals surface area contributed by atoms with E-state index < -0.39 is 0 Å². The van der Waals surface area contributed by atoms with Crippen LogP contribution in [0.3, 0.4) is 0 Å². The molecule has 2 saturated heterocycles. The highest BCUT2D eigenvalue weighted by Crippen LogP contribution is 2.14. The zero-order chi connectivity index (χ0) is 22.1. The van der Waals surface area contributed by atoms with Crippen molar-refractivity contribution < 1.29 is 4.79 Å². The topological polar surface area (TPSA) is 54.4 Å². The first-order chi connectivity index (χ1) is 15.1. The van der Waals surface area contributed by atoms with E-state index >= 15 is 0 Å². The van der Waals surface area contributed by atoms with Gasteiger partial charge in [-0.2, -0.15) is 0 Å². The van der Waals surface area contributed by atoms with E-state index in [1.165, 1.54) is 5.56 Å². The van der Waals surface area contributed by atoms with Crippen LogP contribution >= 0.6 is 0 Å². The summed E-state index contributed by atoms with van der Waals surface area (Å²) in [4.78, 5) is 26.2. The Bertz CT molecular complexity index is 695. The average molecular weight is 429 g/mol. The zero-order valence-corrected chi connectivity index (χ0v) is 19.6. The Hall–Kier alpha value is -2.12. The largest absolute Gasteiger partial charge is 0.356 e. The fourth-order valence-electron chi connectivity index (χ4n) is 4.53. The highest BCUT2D eigenvalue weighted by atomic mass is 16.2. The molecule has 2 fully saturated rings. The molecular weight excluding hydrogens is 388 g/mol. The van der Waals surface area contributed by atoms with Crippen LogP contribution in [0.25, 0.3) is 0 Å². The molecule has 0 spiro atoms. The lowest BCUT2D eigenvalue weighted by atomic mass is 10.2. The van der Waals surface area contributed by atoms with Crippen LogP contribution in [0.5, 0.6) is 0 Å². The first-order valence-electron chi connectivity index (χ1n) is 11.8. The quantitative estimate of drug-likeness (QED) is 0.388. The standard InChI is InChI=1S/C24H40N6O/c1-21(23(31)29-14-7-8-15-29)28-16-18-30(19-17-28)24(25-2)26-12-9-13-27(3)20-22-10-5-4-6-11-22/h4-6,10-11,21H,7-9,12-20H2,1-3H3,(H,25,26). The molecule has 1 atom stereocenters. The summed E-state index contributed by atoms with van der Waals surface area (Å²) in [5.41, 5.74) is 1.35. The van der Waals surface area contributed by atoms with Gasteiger partial charge < -0.3 is 20.0 Å². The van der Waals surface area contributed by atoms with E-state index in [0.717, 1.165) is 84.1 Å². The van der Waals surface area contributed by atoms with Crippen molar-refractivity contribution in [2.45, 2.75) is 38.8 Å². The number of hydrogen-bond donors (Lipinski definition) is 1. The van der Waals surface area contributed by atoms with Crippen LogP contribution in [0.15, 0.2) is 35.3 Å². The lowest BCUT2D eigenvalue weighted by Gasteiger charge is -2.39. The van der Waals surface area contributed by atoms with Crippen LogP contribution in [0.4, 0.5) is 0 Å². The van der Waals surface area contributed by atoms with Gasteiger partial charge in [0.25, 0.3) is 0 Å². The first kappa shape index (κ1) is 23.5. The minimum atomic E-state index is -0.0182. The first-order valence-corrected chi connectivity index (χ1v) is 11.8. The van der Waals surface area contributed by atoms with Gasteiger partial charge in [0.2, 0.25) is 5.91 Å². The van der Waals surface area contributed by atoms with Gasteiger partial charge in [-0.15, -0.1) is 0 Å². The number of carbonyl (C=O) groups is 1. The molecular formula is C24H40N6O. The summed E-state index contributed by atoms with van der Waals surface area (Å²) in [5.74, 6) is 1.27. The number of piperazine rings is 1. The second-order valence-corrected chi connectivity index (χ2v) is 8.78. The third-order valence-corrected chi connectivity index (χ3v) is 6.44. The van der Waals surface area contributed by atoms with Crippen LogP contribution in [-0.4, -0.2) is 104 Å². The predicted molar refractivity (Wildman–Crippen MR) is 127 cm³/mol. The summed E-state index contributed by atoms with van der Waals surface area (Å²) in [6.45, 7) is 10.5. The van der Waals surface area contributed by atoms with Gasteiger partial charge in [-0.05, 0) is 45.3 Å². The van der Waals surface area contributed by atoms with E-state index in [4.69, 9.17) is 0 Å². The SMILES string of the molecule is CN=C(NCCCN(C)Cc1ccccc1)N1CCN(C(C)C(=O)N2CCCC2)CC1. The molecule has 0 bridgehead atoms. The Labute approximate surface area is 188 Å². The molecule has 2 heterocycles. The molecule has 172 valence electrons. The fraction of sp³-hybridized carbons (Fsp3) is 0.667. The van der Waals surface area contributed by atoms with Crippen molar-refractivity contribution in [3.8, 4) is 0 Å². The van der Waals surface area contributed by atoms with E-state index in [0.29, 0.717) is 5.91 Å². The number of benzene rings is 1. The number of rotatable bonds is 8. The molecule has 7 nitrogen and oxygen atoms in total. The minimum Gasteiger partial charge on any atom is -0.356 e. The Morgan fingerprint density at radius 1 is 1.06 bits per heavy atom. The van der Waals surface area contributed by atoms with E-state index in [1.54, 1.807) is 0 Å². The third-order valence-electron chi connectivity index (χ3n) is 6.44. The van der Waals surface area contributed by atoms with E-state index in [9.17, 15) is 4.79 Å². The average Bonchev–Trinajstić information content (AvgIpc) is 3.34. The summed E-state index contributed by atoms with van der Waals surface area (Å²) >= 11 is 0. The van der Waals surface area contributed by atoms with E-state index in [2.05, 4.69) is 69.3 Å². The lowest BCUT2D eigenvalue weighted by Crippen LogP contribution is -2.57. The number of aliphatic imine (C=N–C) groups is 1. The second-order valence-electron chi connectivity index (χ2n) is 8.78. The zero-order valence-electron chi connectivity index (χ0n) is 19.6. The highest BCUT2D eigenvalue weighted by Gasteiger charge is 2.30. The normalized spacial score (nSPS) is 19.2. The summed E-state index contributed by atoms with van der Waals surface area (Å²) in [7, 11) is 4.03. The van der Waals surface area contributed by atoms with Crippen LogP contribution in [-0.2, 0) is 11.3 Å². The maximum absolute atomic E-state index is 12.7. The number of guanidine groups is 1. The molecule has 0 aliphatic carbocycles. The van der Waals surface area contributed by atoms with Crippen molar-refractivity contribution in [1.82, 2.24) is 24.9 Å². The van der Waals surface area contributed by atoms with Crippen LogP contribution in [0.1, 0.15) is 31.7 Å². The van der Waals surface area contributed by atoms with Crippen LogP contribution in [0.2, 0.25) is 0 Å². The molecule has 1 aromatic rings. The van der Waals surface area contributed by atoms with Gasteiger partial charge in [0, 0.05) is 59.4 Å². The monoisotopic (exact) mass is 428 g/mol. The molecule has 0 saturated carbocycles. The molecule has 31 heavy (non-hydrogen) atoms. The summed E-state index contributed by atoms with van der Waals surface area (Å²) in [6, 6.07) is 10.6. The third kappa shape index (κ3) is 6.94. The van der Waals surface area contributed by atoms with Crippen molar-refractivity contribution in [2.24, 2.45) is 4.99 Å². The van der Waals surface area contributed by atoms with Gasteiger partial charge in [0.1, 0.15) is 0 Å². The number of hydrogen-bond acceptors (Lipinski definition) is 4. The highest BCUT2D eigenvalue weighted by molar-refractivity contribution is 5.82. The second kappa shape index (κ2) is 12.1. The van der Waals surface area contributed by atoms with Crippen LogP contribution in [0, 0.1) is 0 Å². The minimum absolute atomic E-state index is 0.0182.